The maximum absolute atomic E-state index is 13.3. The molecule has 2 aromatic rings. The van der Waals surface area contributed by atoms with Gasteiger partial charge in [0.05, 0.1) is 23.6 Å². The molecule has 1 atom stereocenters. The zero-order valence-corrected chi connectivity index (χ0v) is 21.6. The van der Waals surface area contributed by atoms with Crippen LogP contribution in [0.5, 0.6) is 5.06 Å². The summed E-state index contributed by atoms with van der Waals surface area (Å²) in [6.07, 6.45) is 1.54. The normalized spacial score (nSPS) is 16.0. The lowest BCUT2D eigenvalue weighted by Crippen LogP contribution is -2.59. The highest BCUT2D eigenvalue weighted by atomic mass is 35.5. The van der Waals surface area contributed by atoms with Crippen LogP contribution in [0.1, 0.15) is 24.5 Å². The van der Waals surface area contributed by atoms with Crippen LogP contribution < -0.4 is 4.74 Å². The van der Waals surface area contributed by atoms with Gasteiger partial charge in [-0.15, -0.1) is 0 Å². The van der Waals surface area contributed by atoms with Gasteiger partial charge in [0.25, 0.3) is 5.91 Å². The molecule has 1 saturated heterocycles. The topological polar surface area (TPSA) is 91.8 Å². The van der Waals surface area contributed by atoms with Crippen molar-refractivity contribution in [2.24, 2.45) is 5.10 Å². The highest BCUT2D eigenvalue weighted by Crippen LogP contribution is 2.28. The average Bonchev–Trinajstić information content (AvgIpc) is 3.25. The van der Waals surface area contributed by atoms with Crippen LogP contribution in [-0.4, -0.2) is 85.2 Å². The largest absolute Gasteiger partial charge is 0.474 e. The lowest BCUT2D eigenvalue weighted by Gasteiger charge is -2.40. The summed E-state index contributed by atoms with van der Waals surface area (Å²) in [6, 6.07) is 10.1. The lowest BCUT2D eigenvalue weighted by atomic mass is 10.1. The molecule has 2 heterocycles. The van der Waals surface area contributed by atoms with Crippen LogP contribution in [0.15, 0.2) is 41.5 Å². The van der Waals surface area contributed by atoms with Crippen molar-refractivity contribution in [3.63, 3.8) is 0 Å². The smallest absolute Gasteiger partial charge is 0.308 e. The van der Waals surface area contributed by atoms with E-state index in [0.717, 1.165) is 11.1 Å². The molecule has 2 amide bonds. The molecule has 0 radical (unpaired) electrons. The maximum atomic E-state index is 13.3. The predicted molar refractivity (Wildman–Crippen MR) is 135 cm³/mol. The Balaban J connectivity index is 1.68. The third-order valence-corrected chi connectivity index (χ3v) is 6.39. The molecular formula is C24H29ClN4O5S. The Bertz CT molecular complexity index is 1060. The van der Waals surface area contributed by atoms with Crippen LogP contribution in [0.4, 0.5) is 0 Å². The molecule has 1 unspecified atom stereocenters. The molecule has 0 saturated carbocycles. The van der Waals surface area contributed by atoms with E-state index in [1.807, 2.05) is 38.4 Å². The Labute approximate surface area is 213 Å². The Morgan fingerprint density at radius 1 is 1.20 bits per heavy atom. The minimum atomic E-state index is -0.947. The fourth-order valence-corrected chi connectivity index (χ4v) is 4.45. The monoisotopic (exact) mass is 520 g/mol. The number of thiophene rings is 1. The molecule has 1 aromatic carbocycles. The van der Waals surface area contributed by atoms with Gasteiger partial charge in [-0.3, -0.25) is 14.4 Å². The molecule has 0 spiro atoms. The van der Waals surface area contributed by atoms with Gasteiger partial charge in [0, 0.05) is 33.7 Å². The molecule has 188 valence electrons. The van der Waals surface area contributed by atoms with Gasteiger partial charge >= 0.3 is 5.97 Å². The van der Waals surface area contributed by atoms with Crippen LogP contribution >= 0.6 is 22.9 Å². The number of carbonyl (C=O) groups excluding carboxylic acids is 3. The SMILES string of the molecule is CCOC(=O)CC1C(=O)N(Cc2ccc(C=NN(C)C)cc2)CCN1C(=O)COc1ccc(Cl)s1. The Kier molecular flexibility index (Phi) is 9.50. The quantitative estimate of drug-likeness (QED) is 0.272. The molecule has 35 heavy (non-hydrogen) atoms. The van der Waals surface area contributed by atoms with E-state index in [1.54, 1.807) is 35.2 Å². The van der Waals surface area contributed by atoms with E-state index in [9.17, 15) is 14.4 Å². The number of halogens is 1. The molecule has 3 rings (SSSR count). The second-order valence-electron chi connectivity index (χ2n) is 8.05. The second kappa shape index (κ2) is 12.6. The first-order valence-corrected chi connectivity index (χ1v) is 12.4. The summed E-state index contributed by atoms with van der Waals surface area (Å²) in [5.74, 6) is -1.20. The summed E-state index contributed by atoms with van der Waals surface area (Å²) in [4.78, 5) is 41.6. The van der Waals surface area contributed by atoms with E-state index in [2.05, 4.69) is 5.10 Å². The Morgan fingerprint density at radius 3 is 2.57 bits per heavy atom. The van der Waals surface area contributed by atoms with Crippen LogP contribution in [0.25, 0.3) is 0 Å². The van der Waals surface area contributed by atoms with Crippen molar-refractivity contribution in [2.75, 3.05) is 40.4 Å². The van der Waals surface area contributed by atoms with Gasteiger partial charge in [0.2, 0.25) is 5.91 Å². The van der Waals surface area contributed by atoms with Crippen LogP contribution in [-0.2, 0) is 25.7 Å². The van der Waals surface area contributed by atoms with Gasteiger partial charge in [-0.25, -0.2) is 0 Å². The first kappa shape index (κ1) is 26.5. The first-order chi connectivity index (χ1) is 16.8. The minimum absolute atomic E-state index is 0.198. The third kappa shape index (κ3) is 7.69. The molecule has 1 fully saturated rings. The summed E-state index contributed by atoms with van der Waals surface area (Å²) < 4.78 is 11.1. The highest BCUT2D eigenvalue weighted by Gasteiger charge is 2.39. The van der Waals surface area contributed by atoms with Crippen LogP contribution in [0.3, 0.4) is 0 Å². The summed E-state index contributed by atoms with van der Waals surface area (Å²) >= 11 is 7.12. The van der Waals surface area contributed by atoms with Crippen molar-refractivity contribution in [2.45, 2.75) is 25.9 Å². The van der Waals surface area contributed by atoms with Crippen molar-refractivity contribution in [3.8, 4) is 5.06 Å². The standard InChI is InChI=1S/C24H29ClN4O5S/c1-4-33-22(31)13-19-24(32)28(15-18-7-5-17(6-8-18)14-26-27(2)3)11-12-29(19)21(30)16-34-23-10-9-20(25)35-23/h5-10,14,19H,4,11-13,15-16H2,1-3H3. The molecule has 1 aromatic heterocycles. The molecule has 1 aliphatic rings. The lowest BCUT2D eigenvalue weighted by molar-refractivity contribution is -0.158. The van der Waals surface area contributed by atoms with E-state index in [1.165, 1.54) is 16.2 Å². The maximum Gasteiger partial charge on any atom is 0.308 e. The summed E-state index contributed by atoms with van der Waals surface area (Å²) in [6.45, 7) is 2.65. The molecular weight excluding hydrogens is 492 g/mol. The van der Waals surface area contributed by atoms with Gasteiger partial charge in [0.15, 0.2) is 11.7 Å². The molecule has 9 nitrogen and oxygen atoms in total. The zero-order chi connectivity index (χ0) is 25.4. The number of amides is 2. The van der Waals surface area contributed by atoms with Crippen LogP contribution in [0, 0.1) is 0 Å². The van der Waals surface area contributed by atoms with Crippen molar-refractivity contribution in [3.05, 3.63) is 51.9 Å². The van der Waals surface area contributed by atoms with E-state index >= 15 is 0 Å². The predicted octanol–water partition coefficient (Wildman–Crippen LogP) is 2.87. The van der Waals surface area contributed by atoms with Gasteiger partial charge < -0.3 is 24.3 Å². The molecule has 1 aliphatic heterocycles. The zero-order valence-electron chi connectivity index (χ0n) is 20.0. The third-order valence-electron chi connectivity index (χ3n) is 5.25. The number of piperazine rings is 1. The summed E-state index contributed by atoms with van der Waals surface area (Å²) in [7, 11) is 3.69. The first-order valence-electron chi connectivity index (χ1n) is 11.2. The van der Waals surface area contributed by atoms with Crippen molar-refractivity contribution in [1.29, 1.82) is 0 Å². The van der Waals surface area contributed by atoms with Crippen molar-refractivity contribution < 1.29 is 23.9 Å². The van der Waals surface area contributed by atoms with Gasteiger partial charge in [-0.05, 0) is 30.2 Å². The number of hydrogen-bond acceptors (Lipinski definition) is 8. The highest BCUT2D eigenvalue weighted by molar-refractivity contribution is 7.17. The number of ether oxygens (including phenoxy) is 2. The number of nitrogens with zero attached hydrogens (tertiary/aromatic N) is 4. The number of carbonyl (C=O) groups is 3. The molecule has 0 bridgehead atoms. The minimum Gasteiger partial charge on any atom is -0.474 e. The van der Waals surface area contributed by atoms with E-state index in [0.29, 0.717) is 22.5 Å². The fraction of sp³-hybridized carbons (Fsp3) is 0.417. The van der Waals surface area contributed by atoms with E-state index in [4.69, 9.17) is 21.1 Å². The number of hydrazone groups is 1. The van der Waals surface area contributed by atoms with E-state index < -0.39 is 12.0 Å². The number of benzene rings is 1. The second-order valence-corrected chi connectivity index (χ2v) is 9.73. The van der Waals surface area contributed by atoms with Gasteiger partial charge in [-0.2, -0.15) is 5.10 Å². The summed E-state index contributed by atoms with van der Waals surface area (Å²) in [5, 5.41) is 6.43. The average molecular weight is 521 g/mol. The number of hydrogen-bond donors (Lipinski definition) is 0. The van der Waals surface area contributed by atoms with Crippen molar-refractivity contribution in [1.82, 2.24) is 14.8 Å². The Hall–Kier alpha value is -3.11. The fourth-order valence-electron chi connectivity index (χ4n) is 3.57. The van der Waals surface area contributed by atoms with Gasteiger partial charge in [-0.1, -0.05) is 47.2 Å². The number of esters is 1. The van der Waals surface area contributed by atoms with Crippen LogP contribution in [0.2, 0.25) is 4.34 Å². The van der Waals surface area contributed by atoms with Gasteiger partial charge in [0.1, 0.15) is 6.04 Å². The molecule has 11 heteroatoms. The summed E-state index contributed by atoms with van der Waals surface area (Å²) in [5.41, 5.74) is 1.88. The van der Waals surface area contributed by atoms with Crippen molar-refractivity contribution >= 4 is 46.9 Å². The molecule has 0 aliphatic carbocycles. The van der Waals surface area contributed by atoms with E-state index in [-0.39, 0.29) is 38.0 Å². The Morgan fingerprint density at radius 2 is 1.94 bits per heavy atom. The molecule has 0 N–H and O–H groups in total. The number of rotatable bonds is 10.